The van der Waals surface area contributed by atoms with Gasteiger partial charge in [0, 0.05) is 12.6 Å². The normalized spacial score (nSPS) is 16.1. The molecule has 1 saturated carbocycles. The number of nitrogens with one attached hydrogen (secondary N) is 1. The second kappa shape index (κ2) is 6.69. The minimum Gasteiger partial charge on any atom is -0.492 e. The van der Waals surface area contributed by atoms with Crippen molar-refractivity contribution in [2.45, 2.75) is 25.7 Å². The Morgan fingerprint density at radius 2 is 1.94 bits per heavy atom. The molecule has 0 aliphatic heterocycles. The van der Waals surface area contributed by atoms with Gasteiger partial charge >= 0.3 is 0 Å². The van der Waals surface area contributed by atoms with Crippen LogP contribution in [0.25, 0.3) is 0 Å². The Kier molecular flexibility index (Phi) is 4.93. The molecule has 4 heteroatoms. The molecular formula is C14H19F2NO. The first-order chi connectivity index (χ1) is 8.75. The summed E-state index contributed by atoms with van der Waals surface area (Å²) in [5, 5.41) is 3.33. The molecule has 0 radical (unpaired) electrons. The van der Waals surface area contributed by atoms with Crippen LogP contribution >= 0.6 is 0 Å². The number of ether oxygens (including phenoxy) is 1. The zero-order chi connectivity index (χ0) is 12.8. The van der Waals surface area contributed by atoms with Gasteiger partial charge in [-0.2, -0.15) is 0 Å². The molecule has 0 bridgehead atoms. The Morgan fingerprint density at radius 1 is 1.17 bits per heavy atom. The van der Waals surface area contributed by atoms with Gasteiger partial charge in [-0.05, 0) is 37.4 Å². The fourth-order valence-electron chi connectivity index (χ4n) is 2.33. The molecule has 2 nitrogen and oxygen atoms in total. The molecule has 1 aromatic rings. The average Bonchev–Trinajstić information content (AvgIpc) is 2.86. The number of hydrogen-bond donors (Lipinski definition) is 1. The molecule has 2 rings (SSSR count). The van der Waals surface area contributed by atoms with E-state index in [1.807, 2.05) is 0 Å². The van der Waals surface area contributed by atoms with Crippen molar-refractivity contribution >= 4 is 0 Å². The standard InChI is InChI=1S/C14H19F2NO/c15-13-6-5-12(9-14(13)16)18-8-7-17-10-11-3-1-2-4-11/h5-6,9,11,17H,1-4,7-8,10H2. The third-order valence-electron chi connectivity index (χ3n) is 3.35. The van der Waals surface area contributed by atoms with E-state index in [1.165, 1.54) is 31.7 Å². The van der Waals surface area contributed by atoms with Crippen molar-refractivity contribution in [2.24, 2.45) is 5.92 Å². The van der Waals surface area contributed by atoms with Crippen molar-refractivity contribution in [3.8, 4) is 5.75 Å². The van der Waals surface area contributed by atoms with Crippen LogP contribution in [-0.4, -0.2) is 19.7 Å². The highest BCUT2D eigenvalue weighted by Crippen LogP contribution is 2.23. The van der Waals surface area contributed by atoms with E-state index in [0.29, 0.717) is 12.4 Å². The second-order valence-electron chi connectivity index (χ2n) is 4.78. The first-order valence-corrected chi connectivity index (χ1v) is 6.54. The molecule has 1 aromatic carbocycles. The van der Waals surface area contributed by atoms with Gasteiger partial charge in [-0.25, -0.2) is 8.78 Å². The molecule has 0 spiro atoms. The van der Waals surface area contributed by atoms with Crippen LogP contribution in [0.1, 0.15) is 25.7 Å². The zero-order valence-electron chi connectivity index (χ0n) is 10.4. The maximum absolute atomic E-state index is 12.9. The summed E-state index contributed by atoms with van der Waals surface area (Å²) in [4.78, 5) is 0. The van der Waals surface area contributed by atoms with Crippen LogP contribution in [0.2, 0.25) is 0 Å². The summed E-state index contributed by atoms with van der Waals surface area (Å²) < 4.78 is 30.9. The van der Waals surface area contributed by atoms with Gasteiger partial charge in [0.2, 0.25) is 0 Å². The van der Waals surface area contributed by atoms with E-state index in [4.69, 9.17) is 4.74 Å². The lowest BCUT2D eigenvalue weighted by molar-refractivity contribution is 0.306. The van der Waals surface area contributed by atoms with Crippen LogP contribution in [0, 0.1) is 17.6 Å². The molecule has 0 unspecified atom stereocenters. The maximum Gasteiger partial charge on any atom is 0.162 e. The molecular weight excluding hydrogens is 236 g/mol. The topological polar surface area (TPSA) is 21.3 Å². The predicted molar refractivity (Wildman–Crippen MR) is 66.7 cm³/mol. The third-order valence-corrected chi connectivity index (χ3v) is 3.35. The molecule has 0 saturated heterocycles. The number of hydrogen-bond acceptors (Lipinski definition) is 2. The van der Waals surface area contributed by atoms with Crippen LogP contribution in [0.5, 0.6) is 5.75 Å². The lowest BCUT2D eigenvalue weighted by Gasteiger charge is -2.11. The van der Waals surface area contributed by atoms with E-state index < -0.39 is 11.6 Å². The summed E-state index contributed by atoms with van der Waals surface area (Å²) >= 11 is 0. The monoisotopic (exact) mass is 255 g/mol. The van der Waals surface area contributed by atoms with Crippen LogP contribution < -0.4 is 10.1 Å². The van der Waals surface area contributed by atoms with Crippen molar-refractivity contribution in [1.29, 1.82) is 0 Å². The van der Waals surface area contributed by atoms with E-state index in [0.717, 1.165) is 31.1 Å². The van der Waals surface area contributed by atoms with Gasteiger partial charge in [-0.15, -0.1) is 0 Å². The van der Waals surface area contributed by atoms with E-state index in [-0.39, 0.29) is 0 Å². The summed E-state index contributed by atoms with van der Waals surface area (Å²) in [6.07, 6.45) is 5.32. The number of benzene rings is 1. The lowest BCUT2D eigenvalue weighted by atomic mass is 10.1. The van der Waals surface area contributed by atoms with Gasteiger partial charge in [0.25, 0.3) is 0 Å². The van der Waals surface area contributed by atoms with Crippen LogP contribution in [0.15, 0.2) is 18.2 Å². The van der Waals surface area contributed by atoms with Gasteiger partial charge in [-0.3, -0.25) is 0 Å². The molecule has 0 heterocycles. The molecule has 1 aliphatic rings. The first kappa shape index (κ1) is 13.3. The van der Waals surface area contributed by atoms with Gasteiger partial charge in [0.1, 0.15) is 12.4 Å². The second-order valence-corrected chi connectivity index (χ2v) is 4.78. The minimum atomic E-state index is -0.869. The van der Waals surface area contributed by atoms with Crippen molar-refractivity contribution in [1.82, 2.24) is 5.32 Å². The van der Waals surface area contributed by atoms with Crippen molar-refractivity contribution in [2.75, 3.05) is 19.7 Å². The fraction of sp³-hybridized carbons (Fsp3) is 0.571. The highest BCUT2D eigenvalue weighted by atomic mass is 19.2. The van der Waals surface area contributed by atoms with E-state index >= 15 is 0 Å². The zero-order valence-corrected chi connectivity index (χ0v) is 10.4. The van der Waals surface area contributed by atoms with Crippen LogP contribution in [0.4, 0.5) is 8.78 Å². The smallest absolute Gasteiger partial charge is 0.162 e. The Hall–Kier alpha value is -1.16. The third kappa shape index (κ3) is 3.95. The van der Waals surface area contributed by atoms with Gasteiger partial charge in [0.05, 0.1) is 0 Å². The Labute approximate surface area is 106 Å². The summed E-state index contributed by atoms with van der Waals surface area (Å²) in [5.41, 5.74) is 0. The molecule has 0 aromatic heterocycles. The van der Waals surface area contributed by atoms with Gasteiger partial charge in [0.15, 0.2) is 11.6 Å². The summed E-state index contributed by atoms with van der Waals surface area (Å²) in [6, 6.07) is 3.60. The molecule has 1 fully saturated rings. The average molecular weight is 255 g/mol. The van der Waals surface area contributed by atoms with Gasteiger partial charge < -0.3 is 10.1 Å². The van der Waals surface area contributed by atoms with E-state index in [2.05, 4.69) is 5.32 Å². The Morgan fingerprint density at radius 3 is 2.67 bits per heavy atom. The SMILES string of the molecule is Fc1ccc(OCCNCC2CCCC2)cc1F. The maximum atomic E-state index is 12.9. The first-order valence-electron chi connectivity index (χ1n) is 6.54. The molecule has 1 N–H and O–H groups in total. The van der Waals surface area contributed by atoms with Crippen LogP contribution in [-0.2, 0) is 0 Å². The highest BCUT2D eigenvalue weighted by Gasteiger charge is 2.13. The van der Waals surface area contributed by atoms with Crippen molar-refractivity contribution < 1.29 is 13.5 Å². The van der Waals surface area contributed by atoms with E-state index in [1.54, 1.807) is 0 Å². The molecule has 18 heavy (non-hydrogen) atoms. The Bertz CT molecular complexity index is 378. The quantitative estimate of drug-likeness (QED) is 0.789. The van der Waals surface area contributed by atoms with Gasteiger partial charge in [-0.1, -0.05) is 12.8 Å². The fourth-order valence-corrected chi connectivity index (χ4v) is 2.33. The number of rotatable bonds is 6. The van der Waals surface area contributed by atoms with E-state index in [9.17, 15) is 8.78 Å². The predicted octanol–water partition coefficient (Wildman–Crippen LogP) is 3.12. The Balaban J connectivity index is 1.61. The molecule has 1 aliphatic carbocycles. The summed E-state index contributed by atoms with van der Waals surface area (Å²) in [7, 11) is 0. The van der Waals surface area contributed by atoms with Crippen molar-refractivity contribution in [3.05, 3.63) is 29.8 Å². The lowest BCUT2D eigenvalue weighted by Crippen LogP contribution is -2.26. The molecule has 0 amide bonds. The van der Waals surface area contributed by atoms with Crippen molar-refractivity contribution in [3.63, 3.8) is 0 Å². The summed E-state index contributed by atoms with van der Waals surface area (Å²) in [6.45, 7) is 2.23. The number of halogens is 2. The molecule has 100 valence electrons. The highest BCUT2D eigenvalue weighted by molar-refractivity contribution is 5.23. The largest absolute Gasteiger partial charge is 0.492 e. The summed E-state index contributed by atoms with van der Waals surface area (Å²) in [5.74, 6) is -0.544. The van der Waals surface area contributed by atoms with Crippen LogP contribution in [0.3, 0.4) is 0 Å². The minimum absolute atomic E-state index is 0.372. The molecule has 0 atom stereocenters.